The van der Waals surface area contributed by atoms with Crippen molar-refractivity contribution in [3.8, 4) is 11.1 Å². The van der Waals surface area contributed by atoms with Crippen molar-refractivity contribution in [2.24, 2.45) is 15.4 Å². The van der Waals surface area contributed by atoms with Crippen molar-refractivity contribution >= 4 is 17.3 Å². The highest BCUT2D eigenvalue weighted by Gasteiger charge is 2.15. The quantitative estimate of drug-likeness (QED) is 0.257. The first-order valence-electron chi connectivity index (χ1n) is 10.5. The van der Waals surface area contributed by atoms with Gasteiger partial charge < -0.3 is 9.67 Å². The van der Waals surface area contributed by atoms with Crippen LogP contribution in [0.1, 0.15) is 49.3 Å². The molecule has 0 aliphatic rings. The Morgan fingerprint density at radius 1 is 1.13 bits per heavy atom. The normalized spacial score (nSPS) is 12.1. The maximum Gasteiger partial charge on any atom is 0.152 e. The largest absolute Gasteiger partial charge is 0.390 e. The summed E-state index contributed by atoms with van der Waals surface area (Å²) in [5.74, 6) is 0.919. The van der Waals surface area contributed by atoms with E-state index in [0.29, 0.717) is 17.4 Å². The van der Waals surface area contributed by atoms with Crippen molar-refractivity contribution in [1.29, 1.82) is 0 Å². The highest BCUT2D eigenvalue weighted by atomic mass is 35.5. The van der Waals surface area contributed by atoms with Gasteiger partial charge in [-0.1, -0.05) is 73.5 Å². The van der Waals surface area contributed by atoms with Crippen LogP contribution in [-0.4, -0.2) is 27.4 Å². The summed E-state index contributed by atoms with van der Waals surface area (Å²) in [4.78, 5) is 4.47. The topological polar surface area (TPSA) is 75.1 Å². The first-order valence-corrected chi connectivity index (χ1v) is 10.8. The minimum Gasteiger partial charge on any atom is -0.390 e. The van der Waals surface area contributed by atoms with E-state index in [2.05, 4.69) is 57.7 Å². The molecule has 0 amide bonds. The van der Waals surface area contributed by atoms with Gasteiger partial charge in [0.05, 0.1) is 25.1 Å². The Morgan fingerprint density at radius 2 is 1.87 bits per heavy atom. The Hall–Kier alpha value is -2.83. The zero-order chi connectivity index (χ0) is 22.2. The molecule has 0 saturated heterocycles. The minimum atomic E-state index is -0.128. The fourth-order valence-electron chi connectivity index (χ4n) is 3.56. The van der Waals surface area contributed by atoms with Gasteiger partial charge in [-0.2, -0.15) is 5.11 Å². The van der Waals surface area contributed by atoms with E-state index in [1.165, 1.54) is 0 Å². The second-order valence-corrected chi connectivity index (χ2v) is 7.69. The van der Waals surface area contributed by atoms with E-state index in [-0.39, 0.29) is 6.61 Å². The number of unbranched alkanes of at least 4 members (excludes halogenated alkanes) is 1. The van der Waals surface area contributed by atoms with Crippen molar-refractivity contribution in [2.75, 3.05) is 7.05 Å². The van der Waals surface area contributed by atoms with Gasteiger partial charge in [-0.05, 0) is 35.3 Å². The van der Waals surface area contributed by atoms with Crippen molar-refractivity contribution < 1.29 is 5.11 Å². The predicted octanol–water partition coefficient (Wildman–Crippen LogP) is 5.89. The van der Waals surface area contributed by atoms with Gasteiger partial charge >= 0.3 is 0 Å². The van der Waals surface area contributed by atoms with Crippen LogP contribution >= 0.6 is 11.6 Å². The van der Waals surface area contributed by atoms with E-state index in [9.17, 15) is 5.11 Å². The Morgan fingerprint density at radius 3 is 2.55 bits per heavy atom. The van der Waals surface area contributed by atoms with Crippen molar-refractivity contribution in [2.45, 2.75) is 46.3 Å². The van der Waals surface area contributed by atoms with E-state index in [1.54, 1.807) is 7.05 Å². The van der Waals surface area contributed by atoms with Gasteiger partial charge in [0.2, 0.25) is 0 Å². The van der Waals surface area contributed by atoms with E-state index in [4.69, 9.17) is 11.6 Å². The van der Waals surface area contributed by atoms with E-state index in [0.717, 1.165) is 53.1 Å². The van der Waals surface area contributed by atoms with Crippen LogP contribution in [0.5, 0.6) is 0 Å². The summed E-state index contributed by atoms with van der Waals surface area (Å²) >= 11 is 6.27. The summed E-state index contributed by atoms with van der Waals surface area (Å²) in [7, 11) is 1.60. The van der Waals surface area contributed by atoms with E-state index >= 15 is 0 Å². The molecular weight excluding hydrogens is 410 g/mol. The molecule has 0 atom stereocenters. The van der Waals surface area contributed by atoms with E-state index < -0.39 is 0 Å². The van der Waals surface area contributed by atoms with E-state index in [1.807, 2.05) is 29.7 Å². The summed E-state index contributed by atoms with van der Waals surface area (Å²) in [5.41, 5.74) is 5.80. The van der Waals surface area contributed by atoms with Crippen LogP contribution < -0.4 is 0 Å². The minimum absolute atomic E-state index is 0.128. The second kappa shape index (κ2) is 11.0. The lowest BCUT2D eigenvalue weighted by Crippen LogP contribution is -2.09. The maximum atomic E-state index is 9.78. The molecule has 1 aromatic heterocycles. The van der Waals surface area contributed by atoms with Gasteiger partial charge in [-0.15, -0.1) is 5.10 Å². The van der Waals surface area contributed by atoms with Gasteiger partial charge in [-0.3, -0.25) is 0 Å². The molecule has 0 saturated carbocycles. The molecule has 0 aliphatic carbocycles. The molecule has 0 fully saturated rings. The molecule has 0 radical (unpaired) electrons. The maximum absolute atomic E-state index is 9.78. The number of benzene rings is 2. The van der Waals surface area contributed by atoms with Crippen LogP contribution in [0.4, 0.5) is 0 Å². The van der Waals surface area contributed by atoms with Gasteiger partial charge in [0, 0.05) is 18.5 Å². The van der Waals surface area contributed by atoms with Gasteiger partial charge in [0.1, 0.15) is 5.82 Å². The van der Waals surface area contributed by atoms with Gasteiger partial charge in [-0.25, -0.2) is 4.98 Å². The van der Waals surface area contributed by atoms with Crippen LogP contribution in [-0.2, 0) is 19.6 Å². The molecule has 0 unspecified atom stereocenters. The molecule has 0 bridgehead atoms. The Balaban J connectivity index is 1.89. The number of hydrogen-bond donors (Lipinski definition) is 1. The number of halogens is 1. The molecule has 31 heavy (non-hydrogen) atoms. The van der Waals surface area contributed by atoms with Crippen molar-refractivity contribution in [1.82, 2.24) is 9.55 Å². The lowest BCUT2D eigenvalue weighted by Gasteiger charge is -2.13. The average Bonchev–Trinajstić information content (AvgIpc) is 3.10. The molecule has 1 heterocycles. The number of aromatic nitrogens is 2. The first-order chi connectivity index (χ1) is 15.1. The lowest BCUT2D eigenvalue weighted by molar-refractivity contribution is 0.271. The summed E-state index contributed by atoms with van der Waals surface area (Å²) in [6, 6.07) is 16.5. The van der Waals surface area contributed by atoms with Crippen LogP contribution in [0, 0.1) is 0 Å². The highest BCUT2D eigenvalue weighted by molar-refractivity contribution is 6.30. The number of aryl methyl sites for hydroxylation is 1. The monoisotopic (exact) mass is 437 g/mol. The SMILES string of the molecule is CCCCc1nc(Cl)c(CO)n1Cc1ccc(-c2ccccc2/C(C)=N/N=NC)cc1. The molecule has 2 aromatic carbocycles. The molecule has 0 spiro atoms. The zero-order valence-electron chi connectivity index (χ0n) is 18.2. The standard InChI is InChI=1S/C24H28ClN5O/c1-4-5-10-23-27-24(25)22(16-31)30(23)15-18-11-13-19(14-12-18)21-9-7-6-8-20(21)17(2)28-29-26-3/h6-9,11-14,31H,4-5,10,15-16H2,1-3H3/b28-17+,29-26?. The first kappa shape index (κ1) is 22.8. The molecule has 0 aliphatic heterocycles. The fourth-order valence-corrected chi connectivity index (χ4v) is 3.82. The molecule has 3 aromatic rings. The molecular formula is C24H28ClN5O. The highest BCUT2D eigenvalue weighted by Crippen LogP contribution is 2.26. The third kappa shape index (κ3) is 5.46. The number of aliphatic hydroxyl groups excluding tert-OH is 1. The van der Waals surface area contributed by atoms with Gasteiger partial charge in [0.25, 0.3) is 0 Å². The molecule has 7 heteroatoms. The van der Waals surface area contributed by atoms with Crippen molar-refractivity contribution in [3.05, 3.63) is 76.3 Å². The third-order valence-corrected chi connectivity index (χ3v) is 5.52. The average molecular weight is 438 g/mol. The fraction of sp³-hybridized carbons (Fsp3) is 0.333. The number of hydrogen-bond acceptors (Lipinski definition) is 4. The van der Waals surface area contributed by atoms with Crippen LogP contribution in [0.25, 0.3) is 11.1 Å². The Kier molecular flexibility index (Phi) is 8.09. The number of nitrogens with zero attached hydrogens (tertiary/aromatic N) is 5. The van der Waals surface area contributed by atoms with Crippen LogP contribution in [0.15, 0.2) is 64.0 Å². The van der Waals surface area contributed by atoms with Crippen molar-refractivity contribution in [3.63, 3.8) is 0 Å². The summed E-state index contributed by atoms with van der Waals surface area (Å²) in [5, 5.41) is 21.8. The van der Waals surface area contributed by atoms with Crippen LogP contribution in [0.3, 0.4) is 0 Å². The molecule has 3 rings (SSSR count). The predicted molar refractivity (Wildman–Crippen MR) is 126 cm³/mol. The molecule has 162 valence electrons. The summed E-state index contributed by atoms with van der Waals surface area (Å²) < 4.78 is 2.04. The third-order valence-electron chi connectivity index (χ3n) is 5.21. The molecule has 1 N–H and O–H groups in total. The summed E-state index contributed by atoms with van der Waals surface area (Å²) in [6.45, 7) is 4.57. The number of aliphatic hydroxyl groups is 1. The van der Waals surface area contributed by atoms with Crippen LogP contribution in [0.2, 0.25) is 5.15 Å². The zero-order valence-corrected chi connectivity index (χ0v) is 19.0. The Labute approximate surface area is 188 Å². The Bertz CT molecular complexity index is 1070. The molecule has 6 nitrogen and oxygen atoms in total. The number of imidazole rings is 1. The number of rotatable bonds is 9. The summed E-state index contributed by atoms with van der Waals surface area (Å²) in [6.07, 6.45) is 2.96. The smallest absolute Gasteiger partial charge is 0.152 e. The lowest BCUT2D eigenvalue weighted by atomic mass is 9.96. The second-order valence-electron chi connectivity index (χ2n) is 7.33. The van der Waals surface area contributed by atoms with Gasteiger partial charge in [0.15, 0.2) is 5.15 Å².